The number of hydrogen-bond donors (Lipinski definition) is 0. The van der Waals surface area contributed by atoms with E-state index in [2.05, 4.69) is 4.98 Å². The maximum Gasteiger partial charge on any atom is 0.257 e. The zero-order chi connectivity index (χ0) is 13.8. The maximum absolute atomic E-state index is 12.1. The van der Waals surface area contributed by atoms with Gasteiger partial charge in [-0.05, 0) is 25.0 Å². The number of carbonyl (C=O) groups is 2. The van der Waals surface area contributed by atoms with Gasteiger partial charge in [-0.1, -0.05) is 11.6 Å². The molecule has 1 aromatic heterocycles. The third-order valence-corrected chi connectivity index (χ3v) is 3.47. The summed E-state index contributed by atoms with van der Waals surface area (Å²) in [5.74, 6) is -0.306. The molecule has 1 fully saturated rings. The first-order valence-corrected chi connectivity index (χ1v) is 6.61. The molecule has 1 aliphatic rings. The summed E-state index contributed by atoms with van der Waals surface area (Å²) in [6.45, 7) is 1.65. The van der Waals surface area contributed by atoms with Crippen molar-refractivity contribution in [3.63, 3.8) is 0 Å². The fraction of sp³-hybridized carbons (Fsp3) is 0.462. The lowest BCUT2D eigenvalue weighted by Crippen LogP contribution is -2.39. The molecule has 0 aromatic carbocycles. The summed E-state index contributed by atoms with van der Waals surface area (Å²) in [4.78, 5) is 31.1. The first-order valence-electron chi connectivity index (χ1n) is 6.23. The predicted molar refractivity (Wildman–Crippen MR) is 72.0 cm³/mol. The number of likely N-dealkylation sites (tertiary alicyclic amines) is 1. The van der Waals surface area contributed by atoms with Crippen molar-refractivity contribution in [3.05, 3.63) is 29.0 Å². The van der Waals surface area contributed by atoms with Gasteiger partial charge < -0.3 is 9.80 Å². The lowest BCUT2D eigenvalue weighted by atomic mass is 10.2. The second-order valence-electron chi connectivity index (χ2n) is 4.59. The third kappa shape index (κ3) is 3.23. The molecule has 0 aliphatic carbocycles. The van der Waals surface area contributed by atoms with Crippen LogP contribution in [-0.4, -0.2) is 53.3 Å². The van der Waals surface area contributed by atoms with Crippen LogP contribution in [0.25, 0.3) is 0 Å². The Hall–Kier alpha value is -1.62. The van der Waals surface area contributed by atoms with Gasteiger partial charge in [0.05, 0.1) is 12.1 Å². The van der Waals surface area contributed by atoms with Crippen LogP contribution in [-0.2, 0) is 4.79 Å². The smallest absolute Gasteiger partial charge is 0.257 e. The molecule has 0 spiro atoms. The Kier molecular flexibility index (Phi) is 4.37. The van der Waals surface area contributed by atoms with Crippen molar-refractivity contribution in [2.45, 2.75) is 12.8 Å². The number of hydrogen-bond acceptors (Lipinski definition) is 3. The van der Waals surface area contributed by atoms with Crippen LogP contribution >= 0.6 is 11.6 Å². The molecule has 2 rings (SSSR count). The van der Waals surface area contributed by atoms with Crippen LogP contribution in [0.1, 0.15) is 23.2 Å². The van der Waals surface area contributed by atoms with Crippen LogP contribution < -0.4 is 0 Å². The van der Waals surface area contributed by atoms with Gasteiger partial charge in [0.25, 0.3) is 5.91 Å². The van der Waals surface area contributed by atoms with Gasteiger partial charge in [0.1, 0.15) is 5.15 Å². The molecule has 2 amide bonds. The number of halogens is 1. The molecule has 102 valence electrons. The van der Waals surface area contributed by atoms with Gasteiger partial charge in [-0.25, -0.2) is 4.98 Å². The highest BCUT2D eigenvalue weighted by Crippen LogP contribution is 2.14. The lowest BCUT2D eigenvalue weighted by molar-refractivity contribution is -0.130. The van der Waals surface area contributed by atoms with E-state index in [1.54, 1.807) is 24.1 Å². The van der Waals surface area contributed by atoms with Crippen molar-refractivity contribution < 1.29 is 9.59 Å². The molecule has 6 heteroatoms. The molecule has 0 atom stereocenters. The summed E-state index contributed by atoms with van der Waals surface area (Å²) in [6, 6.07) is 3.25. The molecular weight excluding hydrogens is 266 g/mol. The highest BCUT2D eigenvalue weighted by atomic mass is 35.5. The van der Waals surface area contributed by atoms with E-state index >= 15 is 0 Å². The summed E-state index contributed by atoms with van der Waals surface area (Å²) in [5, 5.41) is 0.160. The predicted octanol–water partition coefficient (Wildman–Crippen LogP) is 1.43. The van der Waals surface area contributed by atoms with Gasteiger partial charge in [0, 0.05) is 26.3 Å². The Morgan fingerprint density at radius 1 is 1.42 bits per heavy atom. The fourth-order valence-electron chi connectivity index (χ4n) is 2.09. The Bertz CT molecular complexity index is 487. The summed E-state index contributed by atoms with van der Waals surface area (Å²) >= 11 is 5.87. The number of rotatable bonds is 3. The minimum atomic E-state index is -0.286. The normalized spacial score (nSPS) is 14.5. The van der Waals surface area contributed by atoms with Gasteiger partial charge >= 0.3 is 0 Å². The monoisotopic (exact) mass is 281 g/mol. The molecule has 19 heavy (non-hydrogen) atoms. The third-order valence-electron chi connectivity index (χ3n) is 3.17. The molecule has 5 nitrogen and oxygen atoms in total. The maximum atomic E-state index is 12.1. The van der Waals surface area contributed by atoms with Crippen LogP contribution in [0, 0.1) is 0 Å². The summed E-state index contributed by atoms with van der Waals surface area (Å²) < 4.78 is 0. The summed E-state index contributed by atoms with van der Waals surface area (Å²) in [7, 11) is 1.60. The van der Waals surface area contributed by atoms with Crippen molar-refractivity contribution in [2.75, 3.05) is 26.7 Å². The number of carbonyl (C=O) groups excluding carboxylic acids is 2. The van der Waals surface area contributed by atoms with Crippen molar-refractivity contribution in [1.29, 1.82) is 0 Å². The fourth-order valence-corrected chi connectivity index (χ4v) is 2.29. The number of pyridine rings is 1. The van der Waals surface area contributed by atoms with Crippen LogP contribution in [0.2, 0.25) is 5.15 Å². The summed E-state index contributed by atoms with van der Waals surface area (Å²) in [6.07, 6.45) is 3.60. The average molecular weight is 282 g/mol. The quantitative estimate of drug-likeness (QED) is 0.788. The van der Waals surface area contributed by atoms with E-state index in [9.17, 15) is 9.59 Å². The zero-order valence-corrected chi connectivity index (χ0v) is 11.6. The van der Waals surface area contributed by atoms with Crippen molar-refractivity contribution in [2.24, 2.45) is 0 Å². The van der Waals surface area contributed by atoms with Crippen LogP contribution in [0.5, 0.6) is 0 Å². The molecule has 1 aromatic rings. The van der Waals surface area contributed by atoms with Gasteiger partial charge in [0.2, 0.25) is 5.91 Å². The Balaban J connectivity index is 1.99. The Morgan fingerprint density at radius 2 is 2.11 bits per heavy atom. The molecule has 1 aliphatic heterocycles. The van der Waals surface area contributed by atoms with E-state index in [0.29, 0.717) is 5.56 Å². The number of aromatic nitrogens is 1. The standard InChI is InChI=1S/C13H16ClN3O2/c1-16(9-11(18)17-7-2-3-8-17)13(19)10-5-4-6-15-12(10)14/h4-6H,2-3,7-9H2,1H3. The highest BCUT2D eigenvalue weighted by Gasteiger charge is 2.22. The first-order chi connectivity index (χ1) is 9.09. The zero-order valence-electron chi connectivity index (χ0n) is 10.8. The van der Waals surface area contributed by atoms with E-state index in [1.165, 1.54) is 11.1 Å². The topological polar surface area (TPSA) is 53.5 Å². The Labute approximate surface area is 117 Å². The summed E-state index contributed by atoms with van der Waals surface area (Å²) in [5.41, 5.74) is 0.320. The van der Waals surface area contributed by atoms with Crippen LogP contribution in [0.4, 0.5) is 0 Å². The number of amides is 2. The minimum absolute atomic E-state index is 0.0200. The molecular formula is C13H16ClN3O2. The van der Waals surface area contributed by atoms with E-state index in [1.807, 2.05) is 0 Å². The van der Waals surface area contributed by atoms with E-state index in [-0.39, 0.29) is 23.5 Å². The molecule has 2 heterocycles. The molecule has 0 N–H and O–H groups in total. The SMILES string of the molecule is CN(CC(=O)N1CCCC1)C(=O)c1cccnc1Cl. The molecule has 0 bridgehead atoms. The van der Waals surface area contributed by atoms with Crippen molar-refractivity contribution >= 4 is 23.4 Å². The van der Waals surface area contributed by atoms with E-state index in [0.717, 1.165) is 25.9 Å². The van der Waals surface area contributed by atoms with Gasteiger partial charge in [-0.3, -0.25) is 9.59 Å². The van der Waals surface area contributed by atoms with E-state index < -0.39 is 0 Å². The van der Waals surface area contributed by atoms with Crippen LogP contribution in [0.3, 0.4) is 0 Å². The first kappa shape index (κ1) is 13.8. The largest absolute Gasteiger partial charge is 0.341 e. The molecule has 1 saturated heterocycles. The Morgan fingerprint density at radius 3 is 2.74 bits per heavy atom. The highest BCUT2D eigenvalue weighted by molar-refractivity contribution is 6.32. The molecule has 0 saturated carbocycles. The number of nitrogens with zero attached hydrogens (tertiary/aromatic N) is 3. The number of likely N-dealkylation sites (N-methyl/N-ethyl adjacent to an activating group) is 1. The van der Waals surface area contributed by atoms with Crippen molar-refractivity contribution in [1.82, 2.24) is 14.8 Å². The molecule has 0 unspecified atom stereocenters. The second kappa shape index (κ2) is 6.02. The lowest BCUT2D eigenvalue weighted by Gasteiger charge is -2.21. The van der Waals surface area contributed by atoms with Crippen molar-refractivity contribution in [3.8, 4) is 0 Å². The van der Waals surface area contributed by atoms with Gasteiger partial charge in [0.15, 0.2) is 0 Å². The van der Waals surface area contributed by atoms with Crippen LogP contribution in [0.15, 0.2) is 18.3 Å². The molecule has 0 radical (unpaired) electrons. The average Bonchev–Trinajstić information content (AvgIpc) is 2.92. The van der Waals surface area contributed by atoms with Gasteiger partial charge in [-0.2, -0.15) is 0 Å². The second-order valence-corrected chi connectivity index (χ2v) is 4.95. The van der Waals surface area contributed by atoms with Gasteiger partial charge in [-0.15, -0.1) is 0 Å². The minimum Gasteiger partial charge on any atom is -0.341 e. The van der Waals surface area contributed by atoms with E-state index in [4.69, 9.17) is 11.6 Å².